The van der Waals surface area contributed by atoms with Crippen LogP contribution in [0.2, 0.25) is 0 Å². The van der Waals surface area contributed by atoms with E-state index in [2.05, 4.69) is 29.3 Å². The predicted octanol–water partition coefficient (Wildman–Crippen LogP) is 3.67. The fraction of sp³-hybridized carbons (Fsp3) is 0.476. The first-order valence-corrected chi connectivity index (χ1v) is 9.75. The summed E-state index contributed by atoms with van der Waals surface area (Å²) >= 11 is 0. The van der Waals surface area contributed by atoms with Gasteiger partial charge >= 0.3 is 0 Å². The van der Waals surface area contributed by atoms with E-state index in [1.165, 1.54) is 0 Å². The first-order chi connectivity index (χ1) is 13.1. The number of aromatic nitrogens is 2. The van der Waals surface area contributed by atoms with Crippen LogP contribution < -0.4 is 16.0 Å². The summed E-state index contributed by atoms with van der Waals surface area (Å²) < 4.78 is 0. The van der Waals surface area contributed by atoms with Gasteiger partial charge in [-0.05, 0) is 50.3 Å². The van der Waals surface area contributed by atoms with Gasteiger partial charge in [-0.1, -0.05) is 19.4 Å². The van der Waals surface area contributed by atoms with E-state index in [-0.39, 0.29) is 6.04 Å². The van der Waals surface area contributed by atoms with E-state index in [9.17, 15) is 5.26 Å². The normalized spacial score (nSPS) is 16.8. The Hall–Kier alpha value is -2.65. The average Bonchev–Trinajstić information content (AvgIpc) is 2.67. The molecule has 1 unspecified atom stereocenters. The number of anilines is 3. The fourth-order valence-corrected chi connectivity index (χ4v) is 3.35. The number of benzene rings is 1. The molecular formula is C21H28N6. The molecule has 0 amide bonds. The Kier molecular flexibility index (Phi) is 6.25. The van der Waals surface area contributed by atoms with Gasteiger partial charge in [-0.2, -0.15) is 10.2 Å². The quantitative estimate of drug-likeness (QED) is 0.813. The lowest BCUT2D eigenvalue weighted by atomic mass is 10.1. The van der Waals surface area contributed by atoms with Crippen molar-refractivity contribution in [3.63, 3.8) is 0 Å². The molecule has 3 rings (SSSR count). The molecule has 1 aliphatic rings. The van der Waals surface area contributed by atoms with Crippen molar-refractivity contribution in [2.75, 3.05) is 23.3 Å². The monoisotopic (exact) mass is 364 g/mol. The molecule has 1 aromatic carbocycles. The van der Waals surface area contributed by atoms with E-state index in [0.717, 1.165) is 68.0 Å². The van der Waals surface area contributed by atoms with E-state index < -0.39 is 0 Å². The Bertz CT molecular complexity index is 826. The van der Waals surface area contributed by atoms with Gasteiger partial charge in [0.15, 0.2) is 0 Å². The molecule has 142 valence electrons. The second-order valence-corrected chi connectivity index (χ2v) is 7.26. The van der Waals surface area contributed by atoms with E-state index in [4.69, 9.17) is 15.7 Å². The van der Waals surface area contributed by atoms with Crippen LogP contribution in [0.15, 0.2) is 24.3 Å². The number of rotatable bonds is 6. The standard InChI is InChI=1S/C21H28N6/c1-3-4-7-18-12-20(27-10-5-6-17(23)14-27)26-21(24-18)25-19-9-8-15(2)16(11-19)13-22/h8-9,11-12,17H,3-7,10,14,23H2,1-2H3,(H,24,25,26). The minimum Gasteiger partial charge on any atom is -0.355 e. The van der Waals surface area contributed by atoms with Gasteiger partial charge in [0, 0.05) is 36.6 Å². The molecule has 3 N–H and O–H groups in total. The maximum Gasteiger partial charge on any atom is 0.229 e. The third kappa shape index (κ3) is 4.95. The van der Waals surface area contributed by atoms with Gasteiger partial charge in [-0.3, -0.25) is 0 Å². The van der Waals surface area contributed by atoms with Crippen LogP contribution in [-0.2, 0) is 6.42 Å². The molecule has 0 aliphatic carbocycles. The summed E-state index contributed by atoms with van der Waals surface area (Å²) in [5.41, 5.74) is 9.64. The summed E-state index contributed by atoms with van der Waals surface area (Å²) in [6, 6.07) is 10.2. The molecule has 0 saturated carbocycles. The molecule has 27 heavy (non-hydrogen) atoms. The SMILES string of the molecule is CCCCc1cc(N2CCCC(N)C2)nc(Nc2ccc(C)c(C#N)c2)n1. The first kappa shape index (κ1) is 19.1. The third-order valence-corrected chi connectivity index (χ3v) is 4.95. The summed E-state index contributed by atoms with van der Waals surface area (Å²) in [6.07, 6.45) is 5.30. The molecule has 0 radical (unpaired) electrons. The average molecular weight is 364 g/mol. The van der Waals surface area contributed by atoms with Crippen molar-refractivity contribution in [1.82, 2.24) is 9.97 Å². The molecule has 1 fully saturated rings. The highest BCUT2D eigenvalue weighted by Gasteiger charge is 2.19. The Balaban J connectivity index is 1.89. The minimum atomic E-state index is 0.194. The highest BCUT2D eigenvalue weighted by molar-refractivity contribution is 5.59. The summed E-state index contributed by atoms with van der Waals surface area (Å²) in [5, 5.41) is 12.5. The van der Waals surface area contributed by atoms with Crippen molar-refractivity contribution >= 4 is 17.5 Å². The van der Waals surface area contributed by atoms with E-state index in [1.807, 2.05) is 25.1 Å². The zero-order valence-electron chi connectivity index (χ0n) is 16.2. The second-order valence-electron chi connectivity index (χ2n) is 7.26. The number of nitrogens with two attached hydrogens (primary N) is 1. The molecule has 1 saturated heterocycles. The van der Waals surface area contributed by atoms with Gasteiger partial charge in [0.2, 0.25) is 5.95 Å². The zero-order chi connectivity index (χ0) is 19.2. The van der Waals surface area contributed by atoms with Gasteiger partial charge in [0.05, 0.1) is 11.6 Å². The molecule has 1 atom stereocenters. The van der Waals surface area contributed by atoms with Crippen LogP contribution >= 0.6 is 0 Å². The van der Waals surface area contributed by atoms with E-state index >= 15 is 0 Å². The number of piperidine rings is 1. The van der Waals surface area contributed by atoms with Crippen LogP contribution in [-0.4, -0.2) is 29.1 Å². The molecule has 6 heteroatoms. The third-order valence-electron chi connectivity index (χ3n) is 4.95. The minimum absolute atomic E-state index is 0.194. The summed E-state index contributed by atoms with van der Waals surface area (Å²) in [6.45, 7) is 5.91. The van der Waals surface area contributed by atoms with Gasteiger partial charge in [0.25, 0.3) is 0 Å². The Morgan fingerprint density at radius 3 is 2.93 bits per heavy atom. The van der Waals surface area contributed by atoms with Crippen molar-refractivity contribution in [2.45, 2.75) is 52.0 Å². The number of aryl methyl sites for hydroxylation is 2. The predicted molar refractivity (Wildman–Crippen MR) is 109 cm³/mol. The molecule has 1 aliphatic heterocycles. The fourth-order valence-electron chi connectivity index (χ4n) is 3.35. The molecule has 2 heterocycles. The van der Waals surface area contributed by atoms with Crippen molar-refractivity contribution < 1.29 is 0 Å². The summed E-state index contributed by atoms with van der Waals surface area (Å²) in [5.74, 6) is 1.51. The molecule has 2 aromatic rings. The Morgan fingerprint density at radius 2 is 2.19 bits per heavy atom. The van der Waals surface area contributed by atoms with Gasteiger partial charge in [-0.15, -0.1) is 0 Å². The highest BCUT2D eigenvalue weighted by atomic mass is 15.2. The van der Waals surface area contributed by atoms with Crippen molar-refractivity contribution in [3.05, 3.63) is 41.1 Å². The van der Waals surface area contributed by atoms with E-state index in [0.29, 0.717) is 11.5 Å². The summed E-state index contributed by atoms with van der Waals surface area (Å²) in [4.78, 5) is 11.7. The lowest BCUT2D eigenvalue weighted by molar-refractivity contribution is 0.503. The molecule has 6 nitrogen and oxygen atoms in total. The van der Waals surface area contributed by atoms with Crippen LogP contribution in [0.3, 0.4) is 0 Å². The maximum absolute atomic E-state index is 9.26. The van der Waals surface area contributed by atoms with Crippen LogP contribution in [0.1, 0.15) is 49.4 Å². The van der Waals surface area contributed by atoms with Crippen LogP contribution in [0.4, 0.5) is 17.5 Å². The number of hydrogen-bond acceptors (Lipinski definition) is 6. The summed E-state index contributed by atoms with van der Waals surface area (Å²) in [7, 11) is 0. The molecular weight excluding hydrogens is 336 g/mol. The molecule has 0 bridgehead atoms. The van der Waals surface area contributed by atoms with Crippen molar-refractivity contribution in [1.29, 1.82) is 5.26 Å². The van der Waals surface area contributed by atoms with Crippen LogP contribution in [0.25, 0.3) is 0 Å². The number of hydrogen-bond donors (Lipinski definition) is 2. The van der Waals surface area contributed by atoms with Gasteiger partial charge in [0.1, 0.15) is 5.82 Å². The van der Waals surface area contributed by atoms with Crippen molar-refractivity contribution in [2.24, 2.45) is 5.73 Å². The largest absolute Gasteiger partial charge is 0.355 e. The Morgan fingerprint density at radius 1 is 1.33 bits per heavy atom. The van der Waals surface area contributed by atoms with Gasteiger partial charge in [-0.25, -0.2) is 4.98 Å². The van der Waals surface area contributed by atoms with Crippen LogP contribution in [0.5, 0.6) is 0 Å². The van der Waals surface area contributed by atoms with Crippen molar-refractivity contribution in [3.8, 4) is 6.07 Å². The number of unbranched alkanes of at least 4 members (excludes halogenated alkanes) is 1. The topological polar surface area (TPSA) is 90.9 Å². The number of nitrogens with one attached hydrogen (secondary N) is 1. The lowest BCUT2D eigenvalue weighted by Crippen LogP contribution is -2.43. The first-order valence-electron chi connectivity index (χ1n) is 9.75. The second kappa shape index (κ2) is 8.83. The Labute approximate surface area is 161 Å². The molecule has 0 spiro atoms. The van der Waals surface area contributed by atoms with Gasteiger partial charge < -0.3 is 16.0 Å². The highest BCUT2D eigenvalue weighted by Crippen LogP contribution is 2.23. The van der Waals surface area contributed by atoms with Crippen LogP contribution in [0, 0.1) is 18.3 Å². The van der Waals surface area contributed by atoms with E-state index in [1.54, 1.807) is 0 Å². The number of nitriles is 1. The zero-order valence-corrected chi connectivity index (χ0v) is 16.2. The lowest BCUT2D eigenvalue weighted by Gasteiger charge is -2.32. The molecule has 1 aromatic heterocycles. The maximum atomic E-state index is 9.26. The smallest absolute Gasteiger partial charge is 0.229 e. The number of nitrogens with zero attached hydrogens (tertiary/aromatic N) is 4.